The van der Waals surface area contributed by atoms with Crippen molar-refractivity contribution < 1.29 is 21.3 Å². The predicted molar refractivity (Wildman–Crippen MR) is 50.8 cm³/mol. The molecule has 0 saturated heterocycles. The average molecular weight is 211 g/mol. The molecular weight excluding hydrogens is 201 g/mol. The van der Waals surface area contributed by atoms with Gasteiger partial charge in [0.1, 0.15) is 0 Å². The second kappa shape index (κ2) is 8.57. The van der Waals surface area contributed by atoms with Gasteiger partial charge in [-0.05, 0) is 12.1 Å². The summed E-state index contributed by atoms with van der Waals surface area (Å²) < 4.78 is 0. The number of hydrogen-bond donors (Lipinski definition) is 1. The summed E-state index contributed by atoms with van der Waals surface area (Å²) in [5.41, 5.74) is 3.77. The van der Waals surface area contributed by atoms with E-state index in [-0.39, 0.29) is 33.8 Å². The van der Waals surface area contributed by atoms with Gasteiger partial charge in [-0.25, -0.2) is 5.48 Å². The molecule has 1 aliphatic rings. The minimum Gasteiger partial charge on any atom is -0.870 e. The second-order valence-corrected chi connectivity index (χ2v) is 2.09. The zero-order valence-corrected chi connectivity index (χ0v) is 8.45. The molecular formula is C8H10AlNO4. The Balaban J connectivity index is -0.000000302. The van der Waals surface area contributed by atoms with Crippen LogP contribution in [0.5, 0.6) is 5.75 Å². The van der Waals surface area contributed by atoms with Crippen LogP contribution >= 0.6 is 0 Å². The molecule has 0 spiro atoms. The van der Waals surface area contributed by atoms with Gasteiger partial charge in [0.15, 0.2) is 5.75 Å². The first kappa shape index (κ1) is 18.7. The standard InChI is InChI=1S/C8H7NO.Al.3H2O/c1-2-4-8-7(3-1)5-6-9-10-8;;;;/h1-6,9H;;3*1H2/q;+3;;;/p-3. The van der Waals surface area contributed by atoms with Crippen LogP contribution in [-0.2, 0) is 0 Å². The summed E-state index contributed by atoms with van der Waals surface area (Å²) in [5, 5.41) is 0. The summed E-state index contributed by atoms with van der Waals surface area (Å²) in [6, 6.07) is 7.86. The molecule has 0 fully saturated rings. The summed E-state index contributed by atoms with van der Waals surface area (Å²) in [4.78, 5) is 5.09. The Morgan fingerprint density at radius 2 is 1.64 bits per heavy atom. The van der Waals surface area contributed by atoms with E-state index in [2.05, 4.69) is 5.48 Å². The van der Waals surface area contributed by atoms with Crippen molar-refractivity contribution in [3.05, 3.63) is 36.0 Å². The van der Waals surface area contributed by atoms with Crippen LogP contribution in [-0.4, -0.2) is 33.8 Å². The summed E-state index contributed by atoms with van der Waals surface area (Å²) in [6.45, 7) is 0. The maximum absolute atomic E-state index is 5.09. The van der Waals surface area contributed by atoms with Crippen LogP contribution in [0.1, 0.15) is 5.56 Å². The number of para-hydroxylation sites is 1. The van der Waals surface area contributed by atoms with E-state index >= 15 is 0 Å². The van der Waals surface area contributed by atoms with Gasteiger partial charge in [0, 0.05) is 11.8 Å². The fourth-order valence-corrected chi connectivity index (χ4v) is 0.932. The molecule has 14 heavy (non-hydrogen) atoms. The summed E-state index contributed by atoms with van der Waals surface area (Å²) >= 11 is 0. The molecule has 0 atom stereocenters. The molecule has 0 unspecified atom stereocenters. The second-order valence-electron chi connectivity index (χ2n) is 2.09. The Hall–Kier alpha value is -1.03. The van der Waals surface area contributed by atoms with E-state index in [1.807, 2.05) is 30.3 Å². The van der Waals surface area contributed by atoms with Gasteiger partial charge in [0.05, 0.1) is 0 Å². The third-order valence-corrected chi connectivity index (χ3v) is 1.42. The van der Waals surface area contributed by atoms with Crippen molar-refractivity contribution in [3.63, 3.8) is 0 Å². The van der Waals surface area contributed by atoms with Crippen molar-refractivity contribution in [2.45, 2.75) is 0 Å². The van der Waals surface area contributed by atoms with E-state index < -0.39 is 0 Å². The number of hydrogen-bond acceptors (Lipinski definition) is 5. The van der Waals surface area contributed by atoms with Crippen LogP contribution in [0.3, 0.4) is 0 Å². The molecule has 74 valence electrons. The van der Waals surface area contributed by atoms with E-state index in [9.17, 15) is 0 Å². The maximum Gasteiger partial charge on any atom is 3.00 e. The largest absolute Gasteiger partial charge is 3.00 e. The molecule has 5 nitrogen and oxygen atoms in total. The van der Waals surface area contributed by atoms with Crippen LogP contribution in [0.4, 0.5) is 0 Å². The third kappa shape index (κ3) is 3.79. The van der Waals surface area contributed by atoms with Gasteiger partial charge < -0.3 is 21.3 Å². The fraction of sp³-hybridized carbons (Fsp3) is 0. The van der Waals surface area contributed by atoms with Crippen LogP contribution in [0.2, 0.25) is 0 Å². The van der Waals surface area contributed by atoms with E-state index in [0.717, 1.165) is 11.3 Å². The van der Waals surface area contributed by atoms with Crippen molar-refractivity contribution in [2.24, 2.45) is 0 Å². The van der Waals surface area contributed by atoms with Crippen molar-refractivity contribution in [3.8, 4) is 5.75 Å². The Morgan fingerprint density at radius 1 is 1.00 bits per heavy atom. The summed E-state index contributed by atoms with van der Waals surface area (Å²) in [5.74, 6) is 0.880. The SMILES string of the molecule is C1=Cc2ccccc2ON1.[Al+3].[OH-].[OH-].[OH-]. The summed E-state index contributed by atoms with van der Waals surface area (Å²) in [7, 11) is 0. The number of benzene rings is 1. The molecule has 0 saturated carbocycles. The molecule has 0 bridgehead atoms. The zero-order valence-electron chi connectivity index (χ0n) is 7.29. The summed E-state index contributed by atoms with van der Waals surface area (Å²) in [6.07, 6.45) is 3.74. The molecule has 1 heterocycles. The molecule has 0 radical (unpaired) electrons. The van der Waals surface area contributed by atoms with Gasteiger partial charge in [-0.15, -0.1) is 0 Å². The Morgan fingerprint density at radius 3 is 2.29 bits per heavy atom. The first-order valence-corrected chi connectivity index (χ1v) is 3.15. The number of nitrogens with one attached hydrogen (secondary N) is 1. The van der Waals surface area contributed by atoms with Crippen molar-refractivity contribution >= 4 is 23.4 Å². The average Bonchev–Trinajstić information content (AvgIpc) is 2.05. The van der Waals surface area contributed by atoms with E-state index in [1.165, 1.54) is 0 Å². The van der Waals surface area contributed by atoms with Gasteiger partial charge in [-0.3, -0.25) is 0 Å². The molecule has 1 aliphatic heterocycles. The molecule has 2 rings (SSSR count). The van der Waals surface area contributed by atoms with Gasteiger partial charge in [-0.2, -0.15) is 0 Å². The normalized spacial score (nSPS) is 9.43. The Bertz CT molecular complexity index is 280. The van der Waals surface area contributed by atoms with E-state index in [4.69, 9.17) is 4.84 Å². The number of hydroxylamine groups is 1. The molecule has 0 aliphatic carbocycles. The van der Waals surface area contributed by atoms with Crippen LogP contribution in [0, 0.1) is 0 Å². The van der Waals surface area contributed by atoms with Gasteiger partial charge >= 0.3 is 17.4 Å². The number of fused-ring (bicyclic) bond motifs is 1. The van der Waals surface area contributed by atoms with Crippen molar-refractivity contribution in [1.82, 2.24) is 5.48 Å². The zero-order chi connectivity index (χ0) is 6.81. The minimum absolute atomic E-state index is 0. The monoisotopic (exact) mass is 211 g/mol. The third-order valence-electron chi connectivity index (χ3n) is 1.42. The fourth-order valence-electron chi connectivity index (χ4n) is 0.932. The van der Waals surface area contributed by atoms with Gasteiger partial charge in [0.2, 0.25) is 0 Å². The van der Waals surface area contributed by atoms with Crippen LogP contribution in [0.25, 0.3) is 6.08 Å². The Labute approximate surface area is 92.4 Å². The molecule has 0 aromatic heterocycles. The topological polar surface area (TPSA) is 111 Å². The Kier molecular flexibility index (Phi) is 11.4. The van der Waals surface area contributed by atoms with Crippen molar-refractivity contribution in [2.75, 3.05) is 0 Å². The van der Waals surface area contributed by atoms with Crippen LogP contribution in [0.15, 0.2) is 30.5 Å². The molecule has 4 N–H and O–H groups in total. The molecule has 0 amide bonds. The molecule has 1 aromatic carbocycles. The quantitative estimate of drug-likeness (QED) is 0.633. The number of rotatable bonds is 0. The predicted octanol–water partition coefficient (Wildman–Crippen LogP) is 0.643. The molecule has 6 heteroatoms. The first-order chi connectivity index (χ1) is 4.97. The van der Waals surface area contributed by atoms with Gasteiger partial charge in [0.25, 0.3) is 0 Å². The van der Waals surface area contributed by atoms with Crippen LogP contribution < -0.4 is 10.3 Å². The molecule has 1 aromatic rings. The van der Waals surface area contributed by atoms with Crippen molar-refractivity contribution in [1.29, 1.82) is 0 Å². The minimum atomic E-state index is 0. The van der Waals surface area contributed by atoms with E-state index in [1.54, 1.807) is 6.20 Å². The maximum atomic E-state index is 5.09. The van der Waals surface area contributed by atoms with E-state index in [0.29, 0.717) is 0 Å². The first-order valence-electron chi connectivity index (χ1n) is 3.15. The smallest absolute Gasteiger partial charge is 0.870 e. The van der Waals surface area contributed by atoms with Gasteiger partial charge in [-0.1, -0.05) is 18.2 Å².